The number of benzene rings is 3. The molecule has 1 heterocycles. The molecule has 12 heteroatoms. The molecule has 3 aromatic carbocycles. The molecule has 1 fully saturated rings. The summed E-state index contributed by atoms with van der Waals surface area (Å²) in [5, 5.41) is 17.4. The third-order valence-electron chi connectivity index (χ3n) is 5.61. The molecule has 0 atom stereocenters. The fraction of sp³-hybridized carbons (Fsp3) is 0.222. The van der Waals surface area contributed by atoms with Crippen molar-refractivity contribution in [3.8, 4) is 11.5 Å². The van der Waals surface area contributed by atoms with E-state index in [1.54, 1.807) is 12.1 Å². The van der Waals surface area contributed by atoms with Crippen LogP contribution in [0.1, 0.15) is 12.5 Å². The average Bonchev–Trinajstić information content (AvgIpc) is 2.90. The molecule has 3 N–H and O–H groups in total. The highest BCUT2D eigenvalue weighted by molar-refractivity contribution is 7.89. The number of ether oxygens (including phenoxy) is 1. The predicted molar refractivity (Wildman–Crippen MR) is 143 cm³/mol. The van der Waals surface area contributed by atoms with Crippen LogP contribution in [-0.4, -0.2) is 71.9 Å². The molecule has 1 saturated heterocycles. The van der Waals surface area contributed by atoms with E-state index in [2.05, 4.69) is 16.3 Å². The Morgan fingerprint density at radius 2 is 1.41 bits per heavy atom. The quantitative estimate of drug-likeness (QED) is 0.373. The molecule has 4 rings (SSSR count). The molecule has 0 aliphatic carbocycles. The van der Waals surface area contributed by atoms with Crippen LogP contribution in [0.2, 0.25) is 0 Å². The van der Waals surface area contributed by atoms with Crippen LogP contribution in [0, 0.1) is 0 Å². The van der Waals surface area contributed by atoms with Gasteiger partial charge in [-0.1, -0.05) is 30.3 Å². The molecule has 1 aliphatic heterocycles. The lowest BCUT2D eigenvalue weighted by molar-refractivity contribution is -0.159. The van der Waals surface area contributed by atoms with E-state index < -0.39 is 22.0 Å². The zero-order valence-corrected chi connectivity index (χ0v) is 22.0. The first kappa shape index (κ1) is 29.3. The maximum atomic E-state index is 13.0. The van der Waals surface area contributed by atoms with Gasteiger partial charge in [0.05, 0.1) is 4.90 Å². The molecule has 3 aromatic rings. The van der Waals surface area contributed by atoms with Gasteiger partial charge in [-0.3, -0.25) is 9.69 Å². The Morgan fingerprint density at radius 1 is 0.821 bits per heavy atom. The largest absolute Gasteiger partial charge is 0.473 e. The molecule has 1 aliphatic rings. The third-order valence-corrected chi connectivity index (χ3v) is 7.52. The number of hydrogen-bond donors (Lipinski definition) is 3. The van der Waals surface area contributed by atoms with Gasteiger partial charge in [-0.05, 0) is 54.1 Å². The van der Waals surface area contributed by atoms with Crippen molar-refractivity contribution in [2.24, 2.45) is 0 Å². The van der Waals surface area contributed by atoms with E-state index in [0.29, 0.717) is 31.9 Å². The highest BCUT2D eigenvalue weighted by Crippen LogP contribution is 2.24. The van der Waals surface area contributed by atoms with Crippen LogP contribution in [-0.2, 0) is 31.0 Å². The number of nitrogens with zero attached hydrogens (tertiary/aromatic N) is 2. The summed E-state index contributed by atoms with van der Waals surface area (Å²) in [7, 11) is -3.57. The standard InChI is InChI=1S/C25H27N3O4S.C2H2O4/c1-20(29)26-22-10-12-25(13-11-22)33(30,31)28-16-14-27(15-17-28)19-21-6-5-9-24(18-21)32-23-7-3-2-4-8-23;3-1(4)2(5)6/h2-13,18H,14-17,19H2,1H3,(H,26,29);(H,3,4)(H,5,6). The van der Waals surface area contributed by atoms with Gasteiger partial charge in [0.1, 0.15) is 11.5 Å². The first-order chi connectivity index (χ1) is 18.5. The van der Waals surface area contributed by atoms with Gasteiger partial charge >= 0.3 is 11.9 Å². The Morgan fingerprint density at radius 3 is 1.97 bits per heavy atom. The van der Waals surface area contributed by atoms with Crippen molar-refractivity contribution in [3.63, 3.8) is 0 Å². The lowest BCUT2D eigenvalue weighted by Crippen LogP contribution is -2.48. The zero-order valence-electron chi connectivity index (χ0n) is 21.2. The Bertz CT molecular complexity index is 1380. The number of para-hydroxylation sites is 1. The van der Waals surface area contributed by atoms with Gasteiger partial charge in [0.2, 0.25) is 15.9 Å². The van der Waals surface area contributed by atoms with Gasteiger partial charge in [0.15, 0.2) is 0 Å². The molecule has 0 unspecified atom stereocenters. The van der Waals surface area contributed by atoms with Crippen molar-refractivity contribution in [2.75, 3.05) is 31.5 Å². The fourth-order valence-corrected chi connectivity index (χ4v) is 5.20. The summed E-state index contributed by atoms with van der Waals surface area (Å²) in [5.74, 6) is -2.27. The van der Waals surface area contributed by atoms with Crippen molar-refractivity contribution in [3.05, 3.63) is 84.4 Å². The summed E-state index contributed by atoms with van der Waals surface area (Å²) in [4.78, 5) is 31.8. The van der Waals surface area contributed by atoms with Crippen molar-refractivity contribution >= 4 is 33.6 Å². The molecule has 11 nitrogen and oxygen atoms in total. The minimum Gasteiger partial charge on any atom is -0.473 e. The van der Waals surface area contributed by atoms with E-state index in [4.69, 9.17) is 24.5 Å². The predicted octanol–water partition coefficient (Wildman–Crippen LogP) is 3.10. The van der Waals surface area contributed by atoms with Gasteiger partial charge < -0.3 is 20.3 Å². The van der Waals surface area contributed by atoms with E-state index >= 15 is 0 Å². The van der Waals surface area contributed by atoms with E-state index in [9.17, 15) is 13.2 Å². The average molecular weight is 556 g/mol. The number of carbonyl (C=O) groups excluding carboxylic acids is 1. The van der Waals surface area contributed by atoms with Crippen LogP contribution in [0.15, 0.2) is 83.8 Å². The Hall–Kier alpha value is -4.26. The second kappa shape index (κ2) is 13.5. The summed E-state index contributed by atoms with van der Waals surface area (Å²) >= 11 is 0. The van der Waals surface area contributed by atoms with Crippen LogP contribution < -0.4 is 10.1 Å². The summed E-state index contributed by atoms with van der Waals surface area (Å²) in [6.07, 6.45) is 0. The smallest absolute Gasteiger partial charge is 0.414 e. The third kappa shape index (κ3) is 8.92. The molecule has 0 aromatic heterocycles. The molecule has 1 amide bonds. The topological polar surface area (TPSA) is 154 Å². The summed E-state index contributed by atoms with van der Waals surface area (Å²) < 4.78 is 33.5. The number of hydrogen-bond acceptors (Lipinski definition) is 7. The van der Waals surface area contributed by atoms with E-state index in [-0.39, 0.29) is 10.8 Å². The number of rotatable bonds is 7. The normalized spacial score (nSPS) is 14.0. The highest BCUT2D eigenvalue weighted by Gasteiger charge is 2.28. The van der Waals surface area contributed by atoms with Crippen LogP contribution in [0.5, 0.6) is 11.5 Å². The van der Waals surface area contributed by atoms with Gasteiger partial charge in [-0.2, -0.15) is 4.31 Å². The van der Waals surface area contributed by atoms with Crippen molar-refractivity contribution in [2.45, 2.75) is 18.4 Å². The maximum Gasteiger partial charge on any atom is 0.414 e. The molecule has 39 heavy (non-hydrogen) atoms. The highest BCUT2D eigenvalue weighted by atomic mass is 32.2. The minimum absolute atomic E-state index is 0.195. The summed E-state index contributed by atoms with van der Waals surface area (Å²) in [5.41, 5.74) is 1.69. The lowest BCUT2D eigenvalue weighted by Gasteiger charge is -2.34. The van der Waals surface area contributed by atoms with E-state index in [0.717, 1.165) is 23.6 Å². The van der Waals surface area contributed by atoms with Crippen molar-refractivity contribution < 1.29 is 37.8 Å². The van der Waals surface area contributed by atoms with Crippen molar-refractivity contribution in [1.29, 1.82) is 0 Å². The summed E-state index contributed by atoms with van der Waals surface area (Å²) in [6, 6.07) is 23.9. The maximum absolute atomic E-state index is 13.0. The Kier molecular flexibility index (Phi) is 10.1. The number of amides is 1. The molecule has 0 spiro atoms. The zero-order chi connectivity index (χ0) is 28.4. The first-order valence-electron chi connectivity index (χ1n) is 11.9. The van der Waals surface area contributed by atoms with Crippen LogP contribution >= 0.6 is 0 Å². The van der Waals surface area contributed by atoms with Gasteiger partial charge in [-0.25, -0.2) is 18.0 Å². The number of nitrogens with one attached hydrogen (secondary N) is 1. The second-order valence-electron chi connectivity index (χ2n) is 8.56. The molecule has 206 valence electrons. The molecule has 0 bridgehead atoms. The molecular formula is C27H29N3O8S. The Labute approximate surface area is 226 Å². The lowest BCUT2D eigenvalue weighted by atomic mass is 10.2. The van der Waals surface area contributed by atoms with Crippen LogP contribution in [0.3, 0.4) is 0 Å². The summed E-state index contributed by atoms with van der Waals surface area (Å²) in [6.45, 7) is 4.29. The Balaban J connectivity index is 0.000000631. The number of anilines is 1. The SMILES string of the molecule is CC(=O)Nc1ccc(S(=O)(=O)N2CCN(Cc3cccc(Oc4ccccc4)c3)CC2)cc1.O=C(O)C(=O)O. The number of carboxylic acid groups (broad SMARTS) is 2. The number of carbonyl (C=O) groups is 3. The second-order valence-corrected chi connectivity index (χ2v) is 10.5. The van der Waals surface area contributed by atoms with E-state index in [1.807, 2.05) is 48.5 Å². The van der Waals surface area contributed by atoms with E-state index in [1.165, 1.54) is 23.4 Å². The van der Waals surface area contributed by atoms with Crippen LogP contribution in [0.4, 0.5) is 5.69 Å². The first-order valence-corrected chi connectivity index (χ1v) is 13.4. The molecule has 0 radical (unpaired) electrons. The number of carboxylic acids is 2. The molecular weight excluding hydrogens is 526 g/mol. The minimum atomic E-state index is -3.57. The van der Waals surface area contributed by atoms with Gasteiger partial charge in [0, 0.05) is 45.3 Å². The van der Waals surface area contributed by atoms with Crippen LogP contribution in [0.25, 0.3) is 0 Å². The van der Waals surface area contributed by atoms with Gasteiger partial charge in [-0.15, -0.1) is 0 Å². The number of sulfonamides is 1. The number of piperazine rings is 1. The fourth-order valence-electron chi connectivity index (χ4n) is 3.78. The van der Waals surface area contributed by atoms with Crippen molar-refractivity contribution in [1.82, 2.24) is 9.21 Å². The van der Waals surface area contributed by atoms with Gasteiger partial charge in [0.25, 0.3) is 0 Å². The number of aliphatic carboxylic acids is 2. The molecule has 0 saturated carbocycles. The monoisotopic (exact) mass is 555 g/mol.